The number of alkyl halides is 3. The van der Waals surface area contributed by atoms with Crippen LogP contribution in [-0.4, -0.2) is 44.3 Å². The maximum Gasteiger partial charge on any atom is 0.433 e. The number of aliphatic carboxylic acids is 1. The highest BCUT2D eigenvalue weighted by Crippen LogP contribution is 2.38. The van der Waals surface area contributed by atoms with Gasteiger partial charge in [-0.15, -0.1) is 0 Å². The number of carboxylic acids is 1. The lowest BCUT2D eigenvalue weighted by atomic mass is 9.87. The van der Waals surface area contributed by atoms with Gasteiger partial charge in [0.2, 0.25) is 11.8 Å². The van der Waals surface area contributed by atoms with Crippen molar-refractivity contribution in [1.82, 2.24) is 20.1 Å². The number of nitrogens with zero attached hydrogens (tertiary/aromatic N) is 5. The minimum absolute atomic E-state index is 0.0245. The normalized spacial score (nSPS) is 17.5. The summed E-state index contributed by atoms with van der Waals surface area (Å²) in [5.74, 6) is -0.513. The van der Waals surface area contributed by atoms with Gasteiger partial charge in [-0.1, -0.05) is 47.6 Å². The number of benzene rings is 2. The maximum absolute atomic E-state index is 13.2. The van der Waals surface area contributed by atoms with E-state index in [1.54, 1.807) is 23.1 Å². The van der Waals surface area contributed by atoms with E-state index in [1.165, 1.54) is 0 Å². The molecular formula is C26H22F3N5O4. The summed E-state index contributed by atoms with van der Waals surface area (Å²) >= 11 is 0. The molecule has 0 saturated carbocycles. The number of aromatic nitrogens is 4. The van der Waals surface area contributed by atoms with E-state index in [0.717, 1.165) is 23.4 Å². The van der Waals surface area contributed by atoms with Gasteiger partial charge < -0.3 is 19.3 Å². The first kappa shape index (κ1) is 25.2. The van der Waals surface area contributed by atoms with Crippen molar-refractivity contribution in [3.63, 3.8) is 0 Å². The quantitative estimate of drug-likeness (QED) is 0.346. The zero-order valence-electron chi connectivity index (χ0n) is 19.9. The van der Waals surface area contributed by atoms with E-state index in [2.05, 4.69) is 20.1 Å². The molecule has 4 aromatic rings. The molecule has 0 radical (unpaired) electrons. The van der Waals surface area contributed by atoms with Crippen LogP contribution in [0.4, 0.5) is 19.1 Å². The predicted molar refractivity (Wildman–Crippen MR) is 128 cm³/mol. The summed E-state index contributed by atoms with van der Waals surface area (Å²) in [6.07, 6.45) is -3.71. The maximum atomic E-state index is 13.2. The Morgan fingerprint density at radius 1 is 1.08 bits per heavy atom. The van der Waals surface area contributed by atoms with Crippen molar-refractivity contribution in [2.75, 3.05) is 18.0 Å². The first-order valence-corrected chi connectivity index (χ1v) is 11.7. The summed E-state index contributed by atoms with van der Waals surface area (Å²) < 4.78 is 50.6. The third-order valence-electron chi connectivity index (χ3n) is 6.24. The van der Waals surface area contributed by atoms with Gasteiger partial charge in [-0.3, -0.25) is 4.79 Å². The molecule has 0 unspecified atom stereocenters. The molecule has 1 saturated heterocycles. The summed E-state index contributed by atoms with van der Waals surface area (Å²) in [6, 6.07) is 17.3. The monoisotopic (exact) mass is 525 g/mol. The number of rotatable bonds is 8. The first-order valence-electron chi connectivity index (χ1n) is 11.7. The topological polar surface area (TPSA) is 114 Å². The van der Waals surface area contributed by atoms with E-state index in [9.17, 15) is 23.1 Å². The summed E-state index contributed by atoms with van der Waals surface area (Å²) in [7, 11) is 0. The molecule has 1 aliphatic rings. The van der Waals surface area contributed by atoms with Crippen molar-refractivity contribution >= 4 is 11.9 Å². The highest BCUT2D eigenvalue weighted by atomic mass is 19.4. The van der Waals surface area contributed by atoms with Crippen molar-refractivity contribution < 1.29 is 32.3 Å². The van der Waals surface area contributed by atoms with E-state index in [1.807, 2.05) is 36.4 Å². The predicted octanol–water partition coefficient (Wildman–Crippen LogP) is 4.82. The van der Waals surface area contributed by atoms with Crippen LogP contribution in [0, 0.1) is 5.92 Å². The summed E-state index contributed by atoms with van der Waals surface area (Å²) in [6.45, 7) is 0.483. The lowest BCUT2D eigenvalue weighted by Gasteiger charge is -2.18. The molecule has 0 spiro atoms. The Labute approximate surface area is 214 Å². The zero-order valence-corrected chi connectivity index (χ0v) is 19.9. The molecule has 5 rings (SSSR count). The molecule has 2 atom stereocenters. The number of ether oxygens (including phenoxy) is 1. The molecule has 1 N–H and O–H groups in total. The number of carboxylic acid groups (broad SMARTS) is 1. The lowest BCUT2D eigenvalue weighted by Crippen LogP contribution is -2.24. The fourth-order valence-electron chi connectivity index (χ4n) is 4.50. The van der Waals surface area contributed by atoms with Crippen LogP contribution in [-0.2, 0) is 17.6 Å². The Morgan fingerprint density at radius 3 is 2.66 bits per heavy atom. The van der Waals surface area contributed by atoms with Gasteiger partial charge >= 0.3 is 12.1 Å². The Morgan fingerprint density at radius 2 is 1.89 bits per heavy atom. The van der Waals surface area contributed by atoms with E-state index in [4.69, 9.17) is 9.26 Å². The van der Waals surface area contributed by atoms with Gasteiger partial charge in [0.15, 0.2) is 6.61 Å². The number of anilines is 1. The Hall–Kier alpha value is -4.48. The molecule has 0 bridgehead atoms. The molecule has 2 aromatic heterocycles. The molecule has 0 amide bonds. The second-order valence-electron chi connectivity index (χ2n) is 8.85. The summed E-state index contributed by atoms with van der Waals surface area (Å²) in [5, 5.41) is 13.4. The van der Waals surface area contributed by atoms with Crippen LogP contribution in [0.2, 0.25) is 0 Å². The van der Waals surface area contributed by atoms with Gasteiger partial charge in [0, 0.05) is 30.8 Å². The highest BCUT2D eigenvalue weighted by molar-refractivity contribution is 5.67. The first-order chi connectivity index (χ1) is 18.3. The highest BCUT2D eigenvalue weighted by Gasteiger charge is 2.38. The lowest BCUT2D eigenvalue weighted by molar-refractivity contribution is -0.141. The smallest absolute Gasteiger partial charge is 0.433 e. The summed E-state index contributed by atoms with van der Waals surface area (Å²) in [5.41, 5.74) is 0.552. The van der Waals surface area contributed by atoms with Crippen LogP contribution < -0.4 is 9.64 Å². The van der Waals surface area contributed by atoms with Gasteiger partial charge in [0.1, 0.15) is 11.4 Å². The molecule has 1 aliphatic heterocycles. The molecule has 3 heterocycles. The Balaban J connectivity index is 1.31. The zero-order chi connectivity index (χ0) is 26.7. The number of hydrogen-bond acceptors (Lipinski definition) is 8. The SMILES string of the molecule is O=C(O)C[C@H]1CN(c2nccc(C(F)(F)F)n2)C[C@H]1c1cccc(OCc2nc(-c3ccccc3)no2)c1. The van der Waals surface area contributed by atoms with Crippen LogP contribution in [0.25, 0.3) is 11.4 Å². The molecule has 12 heteroatoms. The molecular weight excluding hydrogens is 503 g/mol. The van der Waals surface area contributed by atoms with Crippen molar-refractivity contribution in [3.8, 4) is 17.1 Å². The largest absolute Gasteiger partial charge is 0.484 e. The van der Waals surface area contributed by atoms with Crippen LogP contribution in [0.15, 0.2) is 71.4 Å². The third kappa shape index (κ3) is 5.74. The van der Waals surface area contributed by atoms with Crippen molar-refractivity contribution in [1.29, 1.82) is 0 Å². The van der Waals surface area contributed by atoms with E-state index < -0.39 is 17.8 Å². The van der Waals surface area contributed by atoms with Crippen molar-refractivity contribution in [3.05, 3.63) is 84.0 Å². The molecule has 9 nitrogen and oxygen atoms in total. The van der Waals surface area contributed by atoms with Crippen LogP contribution in [0.3, 0.4) is 0 Å². The van der Waals surface area contributed by atoms with Gasteiger partial charge in [-0.2, -0.15) is 18.2 Å². The number of hydrogen-bond donors (Lipinski definition) is 1. The van der Waals surface area contributed by atoms with Crippen molar-refractivity contribution in [2.24, 2.45) is 5.92 Å². The van der Waals surface area contributed by atoms with Gasteiger partial charge in [0.25, 0.3) is 5.89 Å². The fourth-order valence-corrected chi connectivity index (χ4v) is 4.50. The van der Waals surface area contributed by atoms with Crippen LogP contribution in [0.1, 0.15) is 29.5 Å². The third-order valence-corrected chi connectivity index (χ3v) is 6.24. The minimum Gasteiger partial charge on any atom is -0.484 e. The van der Waals surface area contributed by atoms with Gasteiger partial charge in [-0.05, 0) is 29.7 Å². The Kier molecular flexibility index (Phi) is 6.95. The van der Waals surface area contributed by atoms with Crippen LogP contribution in [0.5, 0.6) is 5.75 Å². The molecule has 0 aliphatic carbocycles. The second kappa shape index (κ2) is 10.5. The molecule has 1 fully saturated rings. The van der Waals surface area contributed by atoms with Crippen LogP contribution >= 0.6 is 0 Å². The van der Waals surface area contributed by atoms with E-state index in [0.29, 0.717) is 11.6 Å². The second-order valence-corrected chi connectivity index (χ2v) is 8.85. The average Bonchev–Trinajstić information content (AvgIpc) is 3.55. The van der Waals surface area contributed by atoms with E-state index in [-0.39, 0.29) is 49.8 Å². The molecule has 38 heavy (non-hydrogen) atoms. The number of halogens is 3. The Bertz CT molecular complexity index is 1410. The van der Waals surface area contributed by atoms with E-state index >= 15 is 0 Å². The number of carbonyl (C=O) groups is 1. The molecule has 196 valence electrons. The standard InChI is InChI=1S/C26H22F3N5O4/c27-26(28,29)21-9-10-30-25(31-21)34-13-18(12-23(35)36)20(14-34)17-7-4-8-19(11-17)37-15-22-32-24(33-38-22)16-5-2-1-3-6-16/h1-11,18,20H,12-15H2,(H,35,36)/t18-,20-/m0/s1. The summed E-state index contributed by atoms with van der Waals surface area (Å²) in [4.78, 5) is 25.1. The fraction of sp³-hybridized carbons (Fsp3) is 0.269. The van der Waals surface area contributed by atoms with Crippen molar-refractivity contribution in [2.45, 2.75) is 25.1 Å². The minimum atomic E-state index is -4.61. The van der Waals surface area contributed by atoms with Gasteiger partial charge in [0.05, 0.1) is 6.42 Å². The molecule has 2 aromatic carbocycles. The average molecular weight is 525 g/mol. The van der Waals surface area contributed by atoms with Gasteiger partial charge in [-0.25, -0.2) is 9.97 Å².